The molecule has 0 amide bonds. The molecule has 0 spiro atoms. The van der Waals surface area contributed by atoms with Crippen molar-refractivity contribution in [3.05, 3.63) is 0 Å². The van der Waals surface area contributed by atoms with Crippen molar-refractivity contribution >= 4 is 12.4 Å². The molecule has 0 radical (unpaired) electrons. The van der Waals surface area contributed by atoms with E-state index in [1.54, 1.807) is 0 Å². The maximum atomic E-state index is 8.26. The molecule has 0 heterocycles. The molecule has 0 aromatic rings. The van der Waals surface area contributed by atoms with Gasteiger partial charge < -0.3 is 5.73 Å². The molecule has 1 aliphatic carbocycles. The highest BCUT2D eigenvalue weighted by Crippen LogP contribution is 2.39. The predicted octanol–water partition coefficient (Wildman–Crippen LogP) is 0.669. The lowest BCUT2D eigenvalue weighted by Crippen LogP contribution is -2.20. The minimum atomic E-state index is -0.444. The van der Waals surface area contributed by atoms with Gasteiger partial charge in [0.2, 0.25) is 0 Å². The van der Waals surface area contributed by atoms with Gasteiger partial charge in [0.05, 0.1) is 6.07 Å². The van der Waals surface area contributed by atoms with Crippen LogP contribution in [0.4, 0.5) is 0 Å². The van der Waals surface area contributed by atoms with Crippen molar-refractivity contribution in [2.75, 3.05) is 0 Å². The molecule has 1 fully saturated rings. The van der Waals surface area contributed by atoms with Crippen LogP contribution in [0.5, 0.6) is 0 Å². The maximum absolute atomic E-state index is 8.26. The molecule has 1 rings (SSSR count). The van der Waals surface area contributed by atoms with Crippen molar-refractivity contribution < 1.29 is 0 Å². The molecule has 0 aromatic carbocycles. The van der Waals surface area contributed by atoms with Crippen LogP contribution in [0.1, 0.15) is 13.3 Å². The van der Waals surface area contributed by atoms with E-state index in [-0.39, 0.29) is 12.4 Å². The normalized spacial score (nSPS) is 41.9. The van der Waals surface area contributed by atoms with E-state index in [1.807, 2.05) is 13.0 Å². The van der Waals surface area contributed by atoms with E-state index >= 15 is 0 Å². The smallest absolute Gasteiger partial charge is 0.107 e. The summed E-state index contributed by atoms with van der Waals surface area (Å²) in [6.45, 7) is 1.99. The van der Waals surface area contributed by atoms with E-state index in [9.17, 15) is 0 Å². The van der Waals surface area contributed by atoms with Crippen LogP contribution in [-0.4, -0.2) is 5.54 Å². The molecule has 0 unspecified atom stereocenters. The Morgan fingerprint density at radius 2 is 2.25 bits per heavy atom. The fraction of sp³-hybridized carbons (Fsp3) is 0.800. The molecule has 1 aliphatic rings. The minimum absolute atomic E-state index is 0. The summed E-state index contributed by atoms with van der Waals surface area (Å²) in [5.41, 5.74) is 4.98. The first-order chi connectivity index (χ1) is 3.19. The van der Waals surface area contributed by atoms with E-state index in [4.69, 9.17) is 11.0 Å². The highest BCUT2D eigenvalue weighted by atomic mass is 35.5. The number of nitrogens with two attached hydrogens (primary N) is 1. The Hall–Kier alpha value is -0.260. The van der Waals surface area contributed by atoms with E-state index in [2.05, 4.69) is 0 Å². The van der Waals surface area contributed by atoms with Gasteiger partial charge in [-0.05, 0) is 12.3 Å². The molecule has 0 saturated heterocycles. The van der Waals surface area contributed by atoms with Crippen molar-refractivity contribution in [3.8, 4) is 6.07 Å². The monoisotopic (exact) mass is 132 g/mol. The Balaban J connectivity index is 0.000000490. The topological polar surface area (TPSA) is 49.8 Å². The highest BCUT2D eigenvalue weighted by Gasteiger charge is 2.48. The third-order valence-electron chi connectivity index (χ3n) is 1.57. The van der Waals surface area contributed by atoms with Gasteiger partial charge in [-0.25, -0.2) is 0 Å². The van der Waals surface area contributed by atoms with Gasteiger partial charge in [-0.3, -0.25) is 0 Å². The summed E-state index contributed by atoms with van der Waals surface area (Å²) in [5, 5.41) is 8.26. The van der Waals surface area contributed by atoms with Gasteiger partial charge in [0.1, 0.15) is 5.54 Å². The summed E-state index contributed by atoms with van der Waals surface area (Å²) < 4.78 is 0. The molecule has 46 valence electrons. The number of rotatable bonds is 0. The van der Waals surface area contributed by atoms with Gasteiger partial charge in [-0.1, -0.05) is 6.92 Å². The quantitative estimate of drug-likeness (QED) is 0.527. The summed E-state index contributed by atoms with van der Waals surface area (Å²) >= 11 is 0. The lowest BCUT2D eigenvalue weighted by Gasteiger charge is -1.89. The molecule has 2 nitrogen and oxygen atoms in total. The van der Waals surface area contributed by atoms with Gasteiger partial charge in [0.15, 0.2) is 0 Å². The Morgan fingerprint density at radius 1 is 1.88 bits per heavy atom. The van der Waals surface area contributed by atoms with Crippen molar-refractivity contribution in [1.82, 2.24) is 0 Å². The zero-order valence-electron chi connectivity index (χ0n) is 4.72. The zero-order valence-corrected chi connectivity index (χ0v) is 5.53. The van der Waals surface area contributed by atoms with Gasteiger partial charge in [0, 0.05) is 0 Å². The predicted molar refractivity (Wildman–Crippen MR) is 33.6 cm³/mol. The Labute approximate surface area is 55.1 Å². The molecule has 1 saturated carbocycles. The summed E-state index contributed by atoms with van der Waals surface area (Å²) in [6, 6.07) is 2.04. The van der Waals surface area contributed by atoms with Crippen LogP contribution >= 0.6 is 12.4 Å². The number of hydrogen-bond acceptors (Lipinski definition) is 2. The fourth-order valence-electron chi connectivity index (χ4n) is 0.604. The fourth-order valence-corrected chi connectivity index (χ4v) is 0.604. The molecule has 0 aliphatic heterocycles. The second kappa shape index (κ2) is 1.93. The Kier molecular flexibility index (Phi) is 1.86. The lowest BCUT2D eigenvalue weighted by atomic mass is 10.3. The molecule has 0 bridgehead atoms. The van der Waals surface area contributed by atoms with E-state index in [1.165, 1.54) is 0 Å². The molecule has 3 heteroatoms. The first-order valence-electron chi connectivity index (χ1n) is 2.39. The van der Waals surface area contributed by atoms with Crippen molar-refractivity contribution in [1.29, 1.82) is 5.26 Å². The molecule has 2 atom stereocenters. The van der Waals surface area contributed by atoms with Gasteiger partial charge in [0.25, 0.3) is 0 Å². The molecular formula is C5H9ClN2. The minimum Gasteiger partial charge on any atom is -0.313 e. The van der Waals surface area contributed by atoms with Gasteiger partial charge >= 0.3 is 0 Å². The Bertz CT molecular complexity index is 129. The second-order valence-corrected chi connectivity index (χ2v) is 2.26. The summed E-state index contributed by atoms with van der Waals surface area (Å²) in [4.78, 5) is 0. The molecular weight excluding hydrogens is 124 g/mol. The third-order valence-corrected chi connectivity index (χ3v) is 1.57. The van der Waals surface area contributed by atoms with E-state index in [0.29, 0.717) is 5.92 Å². The largest absolute Gasteiger partial charge is 0.313 e. The van der Waals surface area contributed by atoms with Crippen LogP contribution in [0.2, 0.25) is 0 Å². The van der Waals surface area contributed by atoms with Crippen LogP contribution in [0.15, 0.2) is 0 Å². The van der Waals surface area contributed by atoms with Crippen molar-refractivity contribution in [2.45, 2.75) is 18.9 Å². The number of nitrogens with zero attached hydrogens (tertiary/aromatic N) is 1. The van der Waals surface area contributed by atoms with E-state index in [0.717, 1.165) is 6.42 Å². The zero-order chi connectivity index (χ0) is 5.49. The molecule has 2 N–H and O–H groups in total. The van der Waals surface area contributed by atoms with Crippen molar-refractivity contribution in [2.24, 2.45) is 11.7 Å². The molecule has 0 aromatic heterocycles. The highest BCUT2D eigenvalue weighted by molar-refractivity contribution is 5.85. The van der Waals surface area contributed by atoms with Crippen LogP contribution in [0.25, 0.3) is 0 Å². The third kappa shape index (κ3) is 0.936. The number of hydrogen-bond donors (Lipinski definition) is 1. The number of nitriles is 1. The lowest BCUT2D eigenvalue weighted by molar-refractivity contribution is 0.771. The SMILES string of the molecule is C[C@H]1C[C@]1(N)C#N.Cl. The van der Waals surface area contributed by atoms with Crippen molar-refractivity contribution in [3.63, 3.8) is 0 Å². The standard InChI is InChI=1S/C5H8N2.ClH/c1-4-2-5(4,7)3-6;/h4H,2,7H2,1H3;1H/t4-,5-;/m0./s1. The average Bonchev–Trinajstić information content (AvgIpc) is 2.18. The maximum Gasteiger partial charge on any atom is 0.107 e. The first-order valence-corrected chi connectivity index (χ1v) is 2.39. The first kappa shape index (κ1) is 7.74. The van der Waals surface area contributed by atoms with Crippen LogP contribution in [0, 0.1) is 17.2 Å². The van der Waals surface area contributed by atoms with E-state index < -0.39 is 5.54 Å². The van der Waals surface area contributed by atoms with Crippen LogP contribution < -0.4 is 5.73 Å². The van der Waals surface area contributed by atoms with Crippen LogP contribution in [0.3, 0.4) is 0 Å². The van der Waals surface area contributed by atoms with Gasteiger partial charge in [-0.2, -0.15) is 5.26 Å². The average molecular weight is 133 g/mol. The number of halogens is 1. The summed E-state index contributed by atoms with van der Waals surface area (Å²) in [5.74, 6) is 0.428. The second-order valence-electron chi connectivity index (χ2n) is 2.26. The van der Waals surface area contributed by atoms with Gasteiger partial charge in [-0.15, -0.1) is 12.4 Å². The van der Waals surface area contributed by atoms with Crippen LogP contribution in [-0.2, 0) is 0 Å². The summed E-state index contributed by atoms with van der Waals surface area (Å²) in [7, 11) is 0. The summed E-state index contributed by atoms with van der Waals surface area (Å²) in [6.07, 6.45) is 0.878. The molecule has 8 heavy (non-hydrogen) atoms. The Morgan fingerprint density at radius 3 is 2.25 bits per heavy atom.